The second-order valence-electron chi connectivity index (χ2n) is 9.58. The highest BCUT2D eigenvalue weighted by Gasteiger charge is 2.54. The fourth-order valence-electron chi connectivity index (χ4n) is 4.92. The number of benzene rings is 1. The number of ether oxygens (including phenoxy) is 1. The molecule has 1 aliphatic carbocycles. The minimum atomic E-state index is 0.000411. The van der Waals surface area contributed by atoms with Crippen molar-refractivity contribution in [3.63, 3.8) is 0 Å². The van der Waals surface area contributed by atoms with Gasteiger partial charge in [-0.05, 0) is 70.0 Å². The molecule has 2 aromatic rings. The lowest BCUT2D eigenvalue weighted by atomic mass is 9.87. The molecule has 0 radical (unpaired) electrons. The van der Waals surface area contributed by atoms with Gasteiger partial charge in [0.25, 0.3) is 0 Å². The van der Waals surface area contributed by atoms with Crippen LogP contribution in [0.1, 0.15) is 49.6 Å². The van der Waals surface area contributed by atoms with Crippen LogP contribution >= 0.6 is 0 Å². The zero-order valence-corrected chi connectivity index (χ0v) is 19.9. The lowest BCUT2D eigenvalue weighted by molar-refractivity contribution is 0.0669. The number of carbonyl (C=O) groups excluding carboxylic acids is 1. The van der Waals surface area contributed by atoms with E-state index >= 15 is 0 Å². The van der Waals surface area contributed by atoms with E-state index in [9.17, 15) is 4.79 Å². The largest absolute Gasteiger partial charge is 0.494 e. The van der Waals surface area contributed by atoms with Crippen LogP contribution in [0, 0.1) is 12.3 Å². The maximum Gasteiger partial charge on any atom is 0.318 e. The topological polar surface area (TPSA) is 62.6 Å². The number of hydrogen-bond acceptors (Lipinski definition) is 4. The van der Waals surface area contributed by atoms with Crippen molar-refractivity contribution in [1.29, 1.82) is 0 Å². The summed E-state index contributed by atoms with van der Waals surface area (Å²) in [6.07, 6.45) is 4.40. The smallest absolute Gasteiger partial charge is 0.318 e. The van der Waals surface area contributed by atoms with Crippen molar-refractivity contribution >= 4 is 6.03 Å². The Kier molecular flexibility index (Phi) is 6.74. The van der Waals surface area contributed by atoms with E-state index in [1.54, 1.807) is 0 Å². The highest BCUT2D eigenvalue weighted by molar-refractivity contribution is 5.74. The number of amides is 2. The van der Waals surface area contributed by atoms with Crippen LogP contribution in [0.4, 0.5) is 4.79 Å². The minimum Gasteiger partial charge on any atom is -0.494 e. The van der Waals surface area contributed by atoms with E-state index in [0.717, 1.165) is 55.2 Å². The minimum absolute atomic E-state index is 0.000411. The van der Waals surface area contributed by atoms with E-state index < -0.39 is 0 Å². The van der Waals surface area contributed by atoms with Crippen molar-refractivity contribution in [2.24, 2.45) is 12.5 Å². The van der Waals surface area contributed by atoms with Gasteiger partial charge in [-0.1, -0.05) is 19.1 Å². The molecular formula is C25H37N5O2. The molecule has 1 spiro atoms. The first kappa shape index (κ1) is 22.6. The highest BCUT2D eigenvalue weighted by Crippen LogP contribution is 2.54. The number of carbonyl (C=O) groups is 1. The van der Waals surface area contributed by atoms with Crippen molar-refractivity contribution in [2.75, 3.05) is 26.7 Å². The Bertz CT molecular complexity index is 899. The maximum atomic E-state index is 13.5. The average Bonchev–Trinajstić information content (AvgIpc) is 3.46. The summed E-state index contributed by atoms with van der Waals surface area (Å²) < 4.78 is 7.55. The molecule has 1 saturated carbocycles. The molecule has 1 unspecified atom stereocenters. The van der Waals surface area contributed by atoms with Crippen LogP contribution in [0.15, 0.2) is 30.3 Å². The van der Waals surface area contributed by atoms with E-state index in [1.807, 2.05) is 42.9 Å². The summed E-state index contributed by atoms with van der Waals surface area (Å²) in [4.78, 5) is 17.9. The van der Waals surface area contributed by atoms with E-state index in [2.05, 4.69) is 40.3 Å². The summed E-state index contributed by atoms with van der Waals surface area (Å²) in [5.74, 6) is 0.871. The number of aryl methyl sites for hydroxylation is 2. The molecular weight excluding hydrogens is 402 g/mol. The van der Waals surface area contributed by atoms with E-state index in [-0.39, 0.29) is 17.5 Å². The summed E-state index contributed by atoms with van der Waals surface area (Å²) in [6.45, 7) is 8.01. The second-order valence-corrected chi connectivity index (χ2v) is 9.58. The number of likely N-dealkylation sites (tertiary alicyclic amines) is 1. The van der Waals surface area contributed by atoms with Gasteiger partial charge < -0.3 is 19.9 Å². The zero-order valence-electron chi connectivity index (χ0n) is 19.9. The van der Waals surface area contributed by atoms with Crippen LogP contribution in [0.5, 0.6) is 5.75 Å². The SMILES string of the molecule is CCCOc1ccc(CNC(=O)N(Cc2cc(C)n(C)n2)C2CCN(C)CC23CC3)cc1. The predicted molar refractivity (Wildman–Crippen MR) is 126 cm³/mol. The van der Waals surface area contributed by atoms with Crippen LogP contribution in [0.25, 0.3) is 0 Å². The Balaban J connectivity index is 1.46. The molecule has 7 nitrogen and oxygen atoms in total. The van der Waals surface area contributed by atoms with Gasteiger partial charge in [0.2, 0.25) is 0 Å². The Morgan fingerprint density at radius 1 is 1.28 bits per heavy atom. The van der Waals surface area contributed by atoms with Gasteiger partial charge in [0.1, 0.15) is 5.75 Å². The summed E-state index contributed by atoms with van der Waals surface area (Å²) in [6, 6.07) is 10.3. The molecule has 1 saturated heterocycles. The first-order valence-electron chi connectivity index (χ1n) is 11.8. The Hall–Kier alpha value is -2.54. The molecule has 2 aliphatic rings. The molecule has 2 fully saturated rings. The third-order valence-corrected chi connectivity index (χ3v) is 6.94. The molecule has 174 valence electrons. The van der Waals surface area contributed by atoms with Gasteiger partial charge in [-0.2, -0.15) is 5.10 Å². The fraction of sp³-hybridized carbons (Fsp3) is 0.600. The standard InChI is InChI=1S/C25H37N5O2/c1-5-14-32-22-8-6-20(7-9-22)16-26-24(31)30(17-21-15-19(2)29(4)27-21)23-10-13-28(3)18-25(23)11-12-25/h6-9,15,23H,5,10-14,16-18H2,1-4H3,(H,26,31). The summed E-state index contributed by atoms with van der Waals surface area (Å²) in [5, 5.41) is 7.81. The normalized spacial score (nSPS) is 19.7. The molecule has 2 amide bonds. The Labute approximate surface area is 191 Å². The number of nitrogens with one attached hydrogen (secondary N) is 1. The number of hydrogen-bond donors (Lipinski definition) is 1. The summed E-state index contributed by atoms with van der Waals surface area (Å²) >= 11 is 0. The van der Waals surface area contributed by atoms with Crippen LogP contribution in [-0.2, 0) is 20.1 Å². The van der Waals surface area contributed by atoms with Gasteiger partial charge in [0.15, 0.2) is 0 Å². The van der Waals surface area contributed by atoms with Crippen molar-refractivity contribution in [3.8, 4) is 5.75 Å². The quantitative estimate of drug-likeness (QED) is 0.681. The van der Waals surface area contributed by atoms with Crippen LogP contribution in [-0.4, -0.2) is 58.4 Å². The van der Waals surface area contributed by atoms with Gasteiger partial charge in [-0.25, -0.2) is 4.79 Å². The monoisotopic (exact) mass is 439 g/mol. The van der Waals surface area contributed by atoms with Gasteiger partial charge in [-0.15, -0.1) is 0 Å². The third-order valence-electron chi connectivity index (χ3n) is 6.94. The van der Waals surface area contributed by atoms with E-state index in [4.69, 9.17) is 4.74 Å². The van der Waals surface area contributed by atoms with Crippen LogP contribution in [0.2, 0.25) is 0 Å². The molecule has 1 N–H and O–H groups in total. The summed E-state index contributed by atoms with van der Waals surface area (Å²) in [5.41, 5.74) is 3.37. The number of aromatic nitrogens is 2. The third kappa shape index (κ3) is 5.09. The van der Waals surface area contributed by atoms with Gasteiger partial charge >= 0.3 is 6.03 Å². The lowest BCUT2D eigenvalue weighted by Crippen LogP contribution is -2.55. The average molecular weight is 440 g/mol. The fourth-order valence-corrected chi connectivity index (χ4v) is 4.92. The second kappa shape index (κ2) is 9.53. The van der Waals surface area contributed by atoms with Gasteiger partial charge in [-0.3, -0.25) is 4.68 Å². The zero-order chi connectivity index (χ0) is 22.7. The first-order chi connectivity index (χ1) is 15.4. The van der Waals surface area contributed by atoms with E-state index in [1.165, 1.54) is 12.8 Å². The molecule has 1 atom stereocenters. The molecule has 2 heterocycles. The Morgan fingerprint density at radius 3 is 2.66 bits per heavy atom. The van der Waals surface area contributed by atoms with Gasteiger partial charge in [0.05, 0.1) is 18.8 Å². The first-order valence-corrected chi connectivity index (χ1v) is 11.8. The number of urea groups is 1. The molecule has 4 rings (SSSR count). The maximum absolute atomic E-state index is 13.5. The van der Waals surface area contributed by atoms with E-state index in [0.29, 0.717) is 13.1 Å². The Morgan fingerprint density at radius 2 is 2.03 bits per heavy atom. The summed E-state index contributed by atoms with van der Waals surface area (Å²) in [7, 11) is 4.14. The van der Waals surface area contributed by atoms with Crippen LogP contribution in [0.3, 0.4) is 0 Å². The molecule has 7 heteroatoms. The van der Waals surface area contributed by atoms with Crippen molar-refractivity contribution in [2.45, 2.75) is 58.7 Å². The predicted octanol–water partition coefficient (Wildman–Crippen LogP) is 3.71. The number of rotatable bonds is 8. The van der Waals surface area contributed by atoms with Crippen molar-refractivity contribution in [3.05, 3.63) is 47.3 Å². The van der Waals surface area contributed by atoms with Crippen LogP contribution < -0.4 is 10.1 Å². The van der Waals surface area contributed by atoms with Gasteiger partial charge in [0, 0.05) is 37.3 Å². The molecule has 32 heavy (non-hydrogen) atoms. The molecule has 1 aromatic heterocycles. The number of piperidine rings is 1. The number of nitrogens with zero attached hydrogens (tertiary/aromatic N) is 4. The molecule has 1 aliphatic heterocycles. The highest BCUT2D eigenvalue weighted by atomic mass is 16.5. The van der Waals surface area contributed by atoms with Crippen molar-refractivity contribution < 1.29 is 9.53 Å². The molecule has 0 bridgehead atoms. The molecule has 1 aromatic carbocycles. The van der Waals surface area contributed by atoms with Crippen molar-refractivity contribution in [1.82, 2.24) is 24.9 Å². The lowest BCUT2D eigenvalue weighted by Gasteiger charge is -2.43.